The smallest absolute Gasteiger partial charge is 0.0715 e. The summed E-state index contributed by atoms with van der Waals surface area (Å²) in [5, 5.41) is 7.17. The summed E-state index contributed by atoms with van der Waals surface area (Å²) < 4.78 is 0. The van der Waals surface area contributed by atoms with Gasteiger partial charge in [-0.3, -0.25) is 5.32 Å². The Bertz CT molecular complexity index is 579. The highest BCUT2D eigenvalue weighted by Gasteiger charge is 2.18. The molecule has 0 spiro atoms. The van der Waals surface area contributed by atoms with Crippen molar-refractivity contribution in [2.24, 2.45) is 0 Å². The third-order valence-corrected chi connectivity index (χ3v) is 3.11. The van der Waals surface area contributed by atoms with Crippen molar-refractivity contribution in [3.63, 3.8) is 0 Å². The quantitative estimate of drug-likeness (QED) is 0.605. The number of fused-ring (bicyclic) bond motifs is 3. The number of allylic oxidation sites excluding steroid dienone is 2. The van der Waals surface area contributed by atoms with Crippen molar-refractivity contribution in [1.82, 2.24) is 5.32 Å². The van der Waals surface area contributed by atoms with Crippen molar-refractivity contribution in [3.05, 3.63) is 47.7 Å². The van der Waals surface area contributed by atoms with Crippen LogP contribution in [0.4, 0.5) is 5.69 Å². The largest absolute Gasteiger partial charge is 0.253 e. The molecule has 2 aromatic carbocycles. The molecule has 1 aliphatic heterocycles. The highest BCUT2D eigenvalue weighted by molar-refractivity contribution is 6.00. The Morgan fingerprint density at radius 3 is 2.60 bits per heavy atom. The fraction of sp³-hybridized carbons (Fsp3) is 0.143. The number of hydrogen-bond donors (Lipinski definition) is 0. The molecule has 3 rings (SSSR count). The summed E-state index contributed by atoms with van der Waals surface area (Å²) in [5.74, 6) is 0. The van der Waals surface area contributed by atoms with Gasteiger partial charge in [-0.15, -0.1) is 0 Å². The summed E-state index contributed by atoms with van der Waals surface area (Å²) in [6, 6.07) is 12.7. The minimum atomic E-state index is 1.11. The predicted molar refractivity (Wildman–Crippen MR) is 64.0 cm³/mol. The molecule has 0 aliphatic carbocycles. The fourth-order valence-corrected chi connectivity index (χ4v) is 2.19. The van der Waals surface area contributed by atoms with Gasteiger partial charge in [0.15, 0.2) is 0 Å². The highest BCUT2D eigenvalue weighted by atomic mass is 14.9. The van der Waals surface area contributed by atoms with E-state index in [9.17, 15) is 0 Å². The van der Waals surface area contributed by atoms with E-state index in [1.54, 1.807) is 0 Å². The molecule has 0 amide bonds. The summed E-state index contributed by atoms with van der Waals surface area (Å²) >= 11 is 0. The lowest BCUT2D eigenvalue weighted by molar-refractivity contribution is 1.09. The molecule has 1 heteroatoms. The zero-order valence-corrected chi connectivity index (χ0v) is 8.91. The second-order valence-electron chi connectivity index (χ2n) is 4.00. The summed E-state index contributed by atoms with van der Waals surface area (Å²) in [5.41, 5.74) is 4.87. The molecule has 1 aliphatic rings. The van der Waals surface area contributed by atoms with Crippen LogP contribution in [0.25, 0.3) is 16.3 Å². The molecular formula is C14H12N. The zero-order chi connectivity index (χ0) is 10.4. The van der Waals surface area contributed by atoms with E-state index >= 15 is 0 Å². The third kappa shape index (κ3) is 1.09. The Morgan fingerprint density at radius 1 is 0.933 bits per heavy atom. The van der Waals surface area contributed by atoms with Crippen LogP contribution in [0.1, 0.15) is 19.4 Å². The van der Waals surface area contributed by atoms with Crippen LogP contribution in [0, 0.1) is 0 Å². The van der Waals surface area contributed by atoms with Gasteiger partial charge in [-0.05, 0) is 36.3 Å². The number of benzene rings is 2. The minimum Gasteiger partial charge on any atom is -0.253 e. The average Bonchev–Trinajstić information content (AvgIpc) is 2.55. The molecule has 1 heterocycles. The van der Waals surface area contributed by atoms with Gasteiger partial charge in [0.1, 0.15) is 0 Å². The van der Waals surface area contributed by atoms with E-state index in [0.29, 0.717) is 0 Å². The fourth-order valence-electron chi connectivity index (χ4n) is 2.19. The first-order valence-electron chi connectivity index (χ1n) is 5.19. The summed E-state index contributed by atoms with van der Waals surface area (Å²) in [6.07, 6.45) is 0. The topological polar surface area (TPSA) is 14.1 Å². The van der Waals surface area contributed by atoms with Crippen LogP contribution in [0.2, 0.25) is 0 Å². The highest BCUT2D eigenvalue weighted by Crippen LogP contribution is 2.38. The summed E-state index contributed by atoms with van der Waals surface area (Å²) in [7, 11) is 0. The van der Waals surface area contributed by atoms with Crippen molar-refractivity contribution in [2.45, 2.75) is 13.8 Å². The van der Waals surface area contributed by atoms with Crippen LogP contribution in [-0.2, 0) is 0 Å². The lowest BCUT2D eigenvalue weighted by Gasteiger charge is -2.05. The number of nitrogens with zero attached hydrogens (tertiary/aromatic N) is 1. The number of hydrogen-bond acceptors (Lipinski definition) is 0. The average molecular weight is 194 g/mol. The third-order valence-electron chi connectivity index (χ3n) is 3.11. The first kappa shape index (κ1) is 8.54. The van der Waals surface area contributed by atoms with Gasteiger partial charge in [0.25, 0.3) is 0 Å². The SMILES string of the molecule is CC1=C(C)c2c(ccc3ccccc23)[N]1. The van der Waals surface area contributed by atoms with Gasteiger partial charge in [0.2, 0.25) is 0 Å². The Balaban J connectivity index is 2.45. The van der Waals surface area contributed by atoms with E-state index in [1.165, 1.54) is 21.9 Å². The van der Waals surface area contributed by atoms with E-state index in [1.807, 2.05) is 0 Å². The standard InChI is InChI=1S/C14H12N/c1-9-10(2)15-13-8-7-11-5-3-4-6-12(11)14(9)13/h3-8H,1-2H3. The molecule has 73 valence electrons. The van der Waals surface area contributed by atoms with Crippen molar-refractivity contribution >= 4 is 22.0 Å². The van der Waals surface area contributed by atoms with Crippen LogP contribution in [0.15, 0.2) is 42.1 Å². The van der Waals surface area contributed by atoms with Gasteiger partial charge < -0.3 is 0 Å². The summed E-state index contributed by atoms with van der Waals surface area (Å²) in [4.78, 5) is 0. The maximum Gasteiger partial charge on any atom is 0.0715 e. The second kappa shape index (κ2) is 2.86. The van der Waals surface area contributed by atoms with Crippen LogP contribution in [0.5, 0.6) is 0 Å². The molecule has 1 nitrogen and oxygen atoms in total. The summed E-state index contributed by atoms with van der Waals surface area (Å²) in [6.45, 7) is 4.22. The molecule has 0 saturated heterocycles. The lowest BCUT2D eigenvalue weighted by Crippen LogP contribution is -1.87. The normalized spacial score (nSPS) is 14.3. The van der Waals surface area contributed by atoms with Gasteiger partial charge in [0.05, 0.1) is 5.69 Å². The minimum absolute atomic E-state index is 1.11. The van der Waals surface area contributed by atoms with Crippen LogP contribution >= 0.6 is 0 Å². The van der Waals surface area contributed by atoms with Crippen LogP contribution < -0.4 is 5.32 Å². The molecule has 0 saturated carbocycles. The second-order valence-corrected chi connectivity index (χ2v) is 4.00. The Labute approximate surface area is 89.4 Å². The maximum absolute atomic E-state index is 4.56. The van der Waals surface area contributed by atoms with Crippen molar-refractivity contribution in [3.8, 4) is 0 Å². The first-order chi connectivity index (χ1) is 7.27. The number of rotatable bonds is 0. The Hall–Kier alpha value is -1.76. The maximum atomic E-state index is 4.56. The monoisotopic (exact) mass is 194 g/mol. The predicted octanol–water partition coefficient (Wildman–Crippen LogP) is 3.84. The molecule has 0 bridgehead atoms. The molecule has 0 N–H and O–H groups in total. The zero-order valence-electron chi connectivity index (χ0n) is 8.91. The lowest BCUT2D eigenvalue weighted by atomic mass is 9.99. The van der Waals surface area contributed by atoms with E-state index in [-0.39, 0.29) is 0 Å². The van der Waals surface area contributed by atoms with Crippen molar-refractivity contribution in [2.75, 3.05) is 0 Å². The molecule has 15 heavy (non-hydrogen) atoms. The Kier molecular flexibility index (Phi) is 1.63. The molecule has 0 unspecified atom stereocenters. The van der Waals surface area contributed by atoms with Gasteiger partial charge >= 0.3 is 0 Å². The van der Waals surface area contributed by atoms with Gasteiger partial charge in [0, 0.05) is 11.3 Å². The van der Waals surface area contributed by atoms with Crippen LogP contribution in [-0.4, -0.2) is 0 Å². The van der Waals surface area contributed by atoms with Crippen LogP contribution in [0.3, 0.4) is 0 Å². The van der Waals surface area contributed by atoms with Crippen molar-refractivity contribution in [1.29, 1.82) is 0 Å². The van der Waals surface area contributed by atoms with Gasteiger partial charge in [-0.2, -0.15) is 0 Å². The molecule has 0 fully saturated rings. The molecule has 2 aromatic rings. The van der Waals surface area contributed by atoms with E-state index in [0.717, 1.165) is 11.4 Å². The molecule has 0 aromatic heterocycles. The van der Waals surface area contributed by atoms with E-state index in [4.69, 9.17) is 0 Å². The van der Waals surface area contributed by atoms with E-state index in [2.05, 4.69) is 55.6 Å². The van der Waals surface area contributed by atoms with Gasteiger partial charge in [-0.1, -0.05) is 30.3 Å². The molecular weight excluding hydrogens is 182 g/mol. The first-order valence-corrected chi connectivity index (χ1v) is 5.19. The van der Waals surface area contributed by atoms with Crippen molar-refractivity contribution < 1.29 is 0 Å². The Morgan fingerprint density at radius 2 is 1.73 bits per heavy atom. The molecule has 0 atom stereocenters. The van der Waals surface area contributed by atoms with Gasteiger partial charge in [-0.25, -0.2) is 0 Å². The molecule has 1 radical (unpaired) electrons. The van der Waals surface area contributed by atoms with E-state index < -0.39 is 0 Å².